The molecule has 2 N–H and O–H groups in total. The van der Waals surface area contributed by atoms with E-state index >= 15 is 0 Å². The summed E-state index contributed by atoms with van der Waals surface area (Å²) < 4.78 is 13.5. The van der Waals surface area contributed by atoms with E-state index < -0.39 is 0 Å². The first-order valence-electron chi connectivity index (χ1n) is 7.78. The van der Waals surface area contributed by atoms with Gasteiger partial charge in [-0.1, -0.05) is 32.0 Å². The second kappa shape index (κ2) is 8.27. The predicted octanol–water partition coefficient (Wildman–Crippen LogP) is 3.61. The summed E-state index contributed by atoms with van der Waals surface area (Å²) in [4.78, 5) is 16.2. The van der Waals surface area contributed by atoms with Gasteiger partial charge in [0.2, 0.25) is 0 Å². The molecule has 1 aromatic carbocycles. The molecule has 0 saturated heterocycles. The van der Waals surface area contributed by atoms with Gasteiger partial charge in [-0.2, -0.15) is 0 Å². The molecule has 2 aromatic rings. The fraction of sp³-hybridized carbons (Fsp3) is 0.333. The molecule has 0 bridgehead atoms. The van der Waals surface area contributed by atoms with Crippen LogP contribution in [0.25, 0.3) is 0 Å². The summed E-state index contributed by atoms with van der Waals surface area (Å²) in [7, 11) is 0. The zero-order valence-corrected chi connectivity index (χ0v) is 13.5. The number of carbonyl (C=O) groups excluding carboxylic acids is 1. The maximum absolute atomic E-state index is 13.5. The topological polar surface area (TPSA) is 54.0 Å². The number of halogens is 1. The Hall–Kier alpha value is -2.43. The normalized spacial score (nSPS) is 10.6. The third-order valence-electron chi connectivity index (χ3n) is 3.44. The number of amides is 1. The standard InChI is InChI=1S/C18H22FN3O/c1-13(2)9-10-20-15-7-8-17(21-12-15)18(23)22-11-14-5-3-4-6-16(14)19/h3-8,12-13,20H,9-11H2,1-2H3,(H,22,23). The van der Waals surface area contributed by atoms with Crippen LogP contribution in [0.4, 0.5) is 10.1 Å². The monoisotopic (exact) mass is 315 g/mol. The van der Waals surface area contributed by atoms with Crippen LogP contribution in [0.5, 0.6) is 0 Å². The van der Waals surface area contributed by atoms with Crippen molar-refractivity contribution in [3.8, 4) is 0 Å². The smallest absolute Gasteiger partial charge is 0.270 e. The van der Waals surface area contributed by atoms with Crippen molar-refractivity contribution in [3.05, 3.63) is 59.7 Å². The lowest BCUT2D eigenvalue weighted by Crippen LogP contribution is -2.24. The highest BCUT2D eigenvalue weighted by molar-refractivity contribution is 5.92. The molecule has 1 heterocycles. The summed E-state index contributed by atoms with van der Waals surface area (Å²) in [5, 5.41) is 5.94. The first kappa shape index (κ1) is 16.9. The highest BCUT2D eigenvalue weighted by Gasteiger charge is 2.08. The molecule has 0 atom stereocenters. The molecule has 1 amide bonds. The van der Waals surface area contributed by atoms with E-state index in [4.69, 9.17) is 0 Å². The molecule has 4 nitrogen and oxygen atoms in total. The summed E-state index contributed by atoms with van der Waals surface area (Å²) in [6, 6.07) is 9.86. The van der Waals surface area contributed by atoms with Crippen molar-refractivity contribution in [3.63, 3.8) is 0 Å². The quantitative estimate of drug-likeness (QED) is 0.820. The Morgan fingerprint density at radius 3 is 2.65 bits per heavy atom. The number of anilines is 1. The van der Waals surface area contributed by atoms with Crippen LogP contribution in [0.2, 0.25) is 0 Å². The van der Waals surface area contributed by atoms with Crippen LogP contribution in [0, 0.1) is 11.7 Å². The van der Waals surface area contributed by atoms with Crippen molar-refractivity contribution < 1.29 is 9.18 Å². The van der Waals surface area contributed by atoms with Crippen molar-refractivity contribution in [1.82, 2.24) is 10.3 Å². The van der Waals surface area contributed by atoms with Gasteiger partial charge < -0.3 is 10.6 Å². The van der Waals surface area contributed by atoms with Crippen molar-refractivity contribution in [1.29, 1.82) is 0 Å². The van der Waals surface area contributed by atoms with E-state index in [2.05, 4.69) is 29.5 Å². The first-order chi connectivity index (χ1) is 11.1. The molecule has 122 valence electrons. The van der Waals surface area contributed by atoms with Crippen LogP contribution in [0.15, 0.2) is 42.6 Å². The van der Waals surface area contributed by atoms with E-state index in [1.165, 1.54) is 6.07 Å². The Morgan fingerprint density at radius 1 is 1.22 bits per heavy atom. The summed E-state index contributed by atoms with van der Waals surface area (Å²) in [5.41, 5.74) is 1.65. The largest absolute Gasteiger partial charge is 0.384 e. The second-order valence-corrected chi connectivity index (χ2v) is 5.82. The number of pyridine rings is 1. The van der Waals surface area contributed by atoms with E-state index in [0.717, 1.165) is 18.7 Å². The Labute approximate surface area is 136 Å². The SMILES string of the molecule is CC(C)CCNc1ccc(C(=O)NCc2ccccc2F)nc1. The van der Waals surface area contributed by atoms with Gasteiger partial charge in [0.15, 0.2) is 0 Å². The van der Waals surface area contributed by atoms with Gasteiger partial charge in [-0.05, 0) is 30.5 Å². The maximum Gasteiger partial charge on any atom is 0.270 e. The summed E-state index contributed by atoms with van der Waals surface area (Å²) in [5.74, 6) is -0.00802. The van der Waals surface area contributed by atoms with Crippen LogP contribution in [0.1, 0.15) is 36.3 Å². The Kier molecular flexibility index (Phi) is 6.09. The van der Waals surface area contributed by atoms with E-state index in [1.54, 1.807) is 30.5 Å². The van der Waals surface area contributed by atoms with Crippen LogP contribution < -0.4 is 10.6 Å². The highest BCUT2D eigenvalue weighted by atomic mass is 19.1. The van der Waals surface area contributed by atoms with Gasteiger partial charge in [-0.15, -0.1) is 0 Å². The minimum absolute atomic E-state index is 0.140. The molecule has 5 heteroatoms. The second-order valence-electron chi connectivity index (χ2n) is 5.82. The van der Waals surface area contributed by atoms with Gasteiger partial charge in [0, 0.05) is 18.7 Å². The van der Waals surface area contributed by atoms with Gasteiger partial charge >= 0.3 is 0 Å². The number of benzene rings is 1. The lowest BCUT2D eigenvalue weighted by molar-refractivity contribution is 0.0945. The molecular weight excluding hydrogens is 293 g/mol. The van der Waals surface area contributed by atoms with Gasteiger partial charge in [0.05, 0.1) is 11.9 Å². The van der Waals surface area contributed by atoms with Crippen molar-refractivity contribution in [2.24, 2.45) is 5.92 Å². The zero-order valence-electron chi connectivity index (χ0n) is 13.5. The molecule has 23 heavy (non-hydrogen) atoms. The average Bonchev–Trinajstić information content (AvgIpc) is 2.54. The zero-order chi connectivity index (χ0) is 16.7. The fourth-order valence-electron chi connectivity index (χ4n) is 2.05. The van der Waals surface area contributed by atoms with Crippen LogP contribution >= 0.6 is 0 Å². The van der Waals surface area contributed by atoms with E-state index in [-0.39, 0.29) is 18.3 Å². The molecule has 0 unspecified atom stereocenters. The average molecular weight is 315 g/mol. The van der Waals surface area contributed by atoms with Crippen molar-refractivity contribution in [2.45, 2.75) is 26.8 Å². The molecule has 2 rings (SSSR count). The van der Waals surface area contributed by atoms with Gasteiger partial charge in [0.1, 0.15) is 11.5 Å². The predicted molar refractivity (Wildman–Crippen MR) is 89.8 cm³/mol. The number of rotatable bonds is 7. The lowest BCUT2D eigenvalue weighted by Gasteiger charge is -2.09. The molecule has 0 aliphatic rings. The first-order valence-corrected chi connectivity index (χ1v) is 7.78. The van der Waals surface area contributed by atoms with E-state index in [1.807, 2.05) is 6.07 Å². The maximum atomic E-state index is 13.5. The van der Waals surface area contributed by atoms with E-state index in [0.29, 0.717) is 17.2 Å². The third-order valence-corrected chi connectivity index (χ3v) is 3.44. The van der Waals surface area contributed by atoms with Crippen molar-refractivity contribution in [2.75, 3.05) is 11.9 Å². The summed E-state index contributed by atoms with van der Waals surface area (Å²) >= 11 is 0. The molecule has 0 aliphatic carbocycles. The molecule has 0 aliphatic heterocycles. The molecule has 0 fully saturated rings. The van der Waals surface area contributed by atoms with Crippen LogP contribution in [-0.2, 0) is 6.54 Å². The summed E-state index contributed by atoms with van der Waals surface area (Å²) in [6.07, 6.45) is 2.71. The minimum Gasteiger partial charge on any atom is -0.384 e. The van der Waals surface area contributed by atoms with Gasteiger partial charge in [-0.3, -0.25) is 4.79 Å². The minimum atomic E-state index is -0.328. The number of aromatic nitrogens is 1. The Bertz CT molecular complexity index is 641. The molecular formula is C18H22FN3O. The number of hydrogen-bond acceptors (Lipinski definition) is 3. The molecule has 1 aromatic heterocycles. The number of nitrogens with zero attached hydrogens (tertiary/aromatic N) is 1. The van der Waals surface area contributed by atoms with Gasteiger partial charge in [0.25, 0.3) is 5.91 Å². The van der Waals surface area contributed by atoms with Crippen LogP contribution in [0.3, 0.4) is 0 Å². The summed E-state index contributed by atoms with van der Waals surface area (Å²) in [6.45, 7) is 5.35. The fourth-order valence-corrected chi connectivity index (χ4v) is 2.05. The molecule has 0 saturated carbocycles. The highest BCUT2D eigenvalue weighted by Crippen LogP contribution is 2.09. The van der Waals surface area contributed by atoms with Crippen LogP contribution in [-0.4, -0.2) is 17.4 Å². The number of hydrogen-bond donors (Lipinski definition) is 2. The van der Waals surface area contributed by atoms with Crippen molar-refractivity contribution >= 4 is 11.6 Å². The Morgan fingerprint density at radius 2 is 2.00 bits per heavy atom. The molecule has 0 spiro atoms. The van der Waals surface area contributed by atoms with Gasteiger partial charge in [-0.25, -0.2) is 9.37 Å². The Balaban J connectivity index is 1.86. The lowest BCUT2D eigenvalue weighted by atomic mass is 10.1. The third kappa shape index (κ3) is 5.36. The number of carbonyl (C=O) groups is 1. The molecule has 0 radical (unpaired) electrons. The van der Waals surface area contributed by atoms with E-state index in [9.17, 15) is 9.18 Å². The number of nitrogens with one attached hydrogen (secondary N) is 2.